The van der Waals surface area contributed by atoms with E-state index in [1.165, 1.54) is 0 Å². The lowest BCUT2D eigenvalue weighted by Gasteiger charge is -2.16. The van der Waals surface area contributed by atoms with E-state index in [4.69, 9.17) is 11.6 Å². The molecule has 2 aromatic rings. The maximum absolute atomic E-state index is 9.42. The number of halogens is 2. The van der Waals surface area contributed by atoms with Crippen molar-refractivity contribution in [2.45, 2.75) is 6.04 Å². The Bertz CT molecular complexity index is 503. The Morgan fingerprint density at radius 2 is 2.18 bits per heavy atom. The summed E-state index contributed by atoms with van der Waals surface area (Å²) >= 11 is 10.9. The summed E-state index contributed by atoms with van der Waals surface area (Å²) in [5, 5.41) is 13.3. The van der Waals surface area contributed by atoms with Crippen LogP contribution in [0.5, 0.6) is 0 Å². The van der Waals surface area contributed by atoms with Crippen molar-refractivity contribution in [3.05, 3.63) is 50.1 Å². The van der Waals surface area contributed by atoms with Crippen LogP contribution in [0, 0.1) is 0 Å². The van der Waals surface area contributed by atoms with E-state index in [-0.39, 0.29) is 12.6 Å². The van der Waals surface area contributed by atoms with Gasteiger partial charge in [0.15, 0.2) is 0 Å². The molecule has 0 aliphatic heterocycles. The SMILES string of the molecule is OCC(Nc1cccc(Cl)c1)c1ccc(Br)s1. The number of rotatable bonds is 4. The molecule has 1 unspecified atom stereocenters. The third-order valence-electron chi connectivity index (χ3n) is 2.29. The van der Waals surface area contributed by atoms with Crippen molar-refractivity contribution in [3.8, 4) is 0 Å². The van der Waals surface area contributed by atoms with E-state index in [0.717, 1.165) is 14.4 Å². The molecule has 2 N–H and O–H groups in total. The number of hydrogen-bond donors (Lipinski definition) is 2. The molecule has 0 radical (unpaired) electrons. The molecular formula is C12H11BrClNOS. The van der Waals surface area contributed by atoms with Crippen molar-refractivity contribution >= 4 is 44.6 Å². The summed E-state index contributed by atoms with van der Waals surface area (Å²) in [6.45, 7) is 0.0411. The summed E-state index contributed by atoms with van der Waals surface area (Å²) in [6, 6.07) is 11.3. The Morgan fingerprint density at radius 3 is 2.76 bits per heavy atom. The Balaban J connectivity index is 2.15. The summed E-state index contributed by atoms with van der Waals surface area (Å²) < 4.78 is 1.05. The number of nitrogens with one attached hydrogen (secondary N) is 1. The van der Waals surface area contributed by atoms with Crippen molar-refractivity contribution in [3.63, 3.8) is 0 Å². The first kappa shape index (κ1) is 12.9. The molecule has 0 aliphatic rings. The van der Waals surface area contributed by atoms with Gasteiger partial charge in [-0.3, -0.25) is 0 Å². The normalized spacial score (nSPS) is 12.4. The molecule has 1 heterocycles. The molecule has 0 bridgehead atoms. The molecule has 1 atom stereocenters. The van der Waals surface area contributed by atoms with Gasteiger partial charge in [-0.05, 0) is 46.3 Å². The second-order valence-electron chi connectivity index (χ2n) is 3.53. The highest BCUT2D eigenvalue weighted by molar-refractivity contribution is 9.11. The van der Waals surface area contributed by atoms with Gasteiger partial charge in [0, 0.05) is 15.6 Å². The molecular weight excluding hydrogens is 322 g/mol. The Morgan fingerprint density at radius 1 is 1.35 bits per heavy atom. The van der Waals surface area contributed by atoms with Gasteiger partial charge in [0.05, 0.1) is 16.4 Å². The van der Waals surface area contributed by atoms with Crippen molar-refractivity contribution < 1.29 is 5.11 Å². The van der Waals surface area contributed by atoms with Gasteiger partial charge in [-0.2, -0.15) is 0 Å². The average Bonchev–Trinajstić information content (AvgIpc) is 2.73. The first-order valence-electron chi connectivity index (χ1n) is 5.07. The maximum atomic E-state index is 9.42. The fraction of sp³-hybridized carbons (Fsp3) is 0.167. The van der Waals surface area contributed by atoms with Gasteiger partial charge < -0.3 is 10.4 Å². The van der Waals surface area contributed by atoms with E-state index in [1.807, 2.05) is 36.4 Å². The molecule has 0 saturated carbocycles. The molecule has 0 aliphatic carbocycles. The zero-order valence-corrected chi connectivity index (χ0v) is 12.0. The van der Waals surface area contributed by atoms with Gasteiger partial charge in [-0.1, -0.05) is 17.7 Å². The van der Waals surface area contributed by atoms with Gasteiger partial charge in [0.1, 0.15) is 0 Å². The number of hydrogen-bond acceptors (Lipinski definition) is 3. The maximum Gasteiger partial charge on any atom is 0.0838 e. The molecule has 2 nitrogen and oxygen atoms in total. The van der Waals surface area contributed by atoms with Crippen molar-refractivity contribution in [2.75, 3.05) is 11.9 Å². The average molecular weight is 333 g/mol. The fourth-order valence-corrected chi connectivity index (χ4v) is 3.16. The number of benzene rings is 1. The van der Waals surface area contributed by atoms with E-state index in [0.29, 0.717) is 5.02 Å². The predicted molar refractivity (Wildman–Crippen MR) is 76.9 cm³/mol. The lowest BCUT2D eigenvalue weighted by atomic mass is 10.2. The van der Waals surface area contributed by atoms with E-state index in [1.54, 1.807) is 11.3 Å². The van der Waals surface area contributed by atoms with Crippen molar-refractivity contribution in [1.82, 2.24) is 0 Å². The molecule has 1 aromatic carbocycles. The second kappa shape index (κ2) is 5.87. The molecule has 90 valence electrons. The third-order valence-corrected chi connectivity index (χ3v) is 4.26. The van der Waals surface area contributed by atoms with Crippen LogP contribution in [0.1, 0.15) is 10.9 Å². The minimum atomic E-state index is -0.107. The first-order valence-corrected chi connectivity index (χ1v) is 7.06. The van der Waals surface area contributed by atoms with Crippen LogP contribution in [-0.2, 0) is 0 Å². The molecule has 2 rings (SSSR count). The summed E-state index contributed by atoms with van der Waals surface area (Å²) in [7, 11) is 0. The van der Waals surface area contributed by atoms with Gasteiger partial charge in [-0.15, -0.1) is 11.3 Å². The van der Waals surface area contributed by atoms with Crippen LogP contribution in [0.4, 0.5) is 5.69 Å². The van der Waals surface area contributed by atoms with Gasteiger partial charge in [-0.25, -0.2) is 0 Å². The van der Waals surface area contributed by atoms with Gasteiger partial charge in [0.25, 0.3) is 0 Å². The fourth-order valence-electron chi connectivity index (χ4n) is 1.50. The highest BCUT2D eigenvalue weighted by Crippen LogP contribution is 2.29. The molecule has 0 amide bonds. The van der Waals surface area contributed by atoms with Crippen molar-refractivity contribution in [1.29, 1.82) is 0 Å². The topological polar surface area (TPSA) is 32.3 Å². The lowest BCUT2D eigenvalue weighted by Crippen LogP contribution is -2.13. The second-order valence-corrected chi connectivity index (χ2v) is 6.46. The lowest BCUT2D eigenvalue weighted by molar-refractivity contribution is 0.278. The van der Waals surface area contributed by atoms with Crippen LogP contribution < -0.4 is 5.32 Å². The minimum Gasteiger partial charge on any atom is -0.394 e. The van der Waals surface area contributed by atoms with Crippen LogP contribution >= 0.6 is 38.9 Å². The Hall–Kier alpha value is -0.550. The smallest absolute Gasteiger partial charge is 0.0838 e. The Labute approximate surface area is 117 Å². The predicted octanol–water partition coefficient (Wildman–Crippen LogP) is 4.31. The first-order chi connectivity index (χ1) is 8.19. The molecule has 0 fully saturated rings. The minimum absolute atomic E-state index is 0.0411. The molecule has 17 heavy (non-hydrogen) atoms. The number of anilines is 1. The van der Waals surface area contributed by atoms with E-state index >= 15 is 0 Å². The highest BCUT2D eigenvalue weighted by atomic mass is 79.9. The van der Waals surface area contributed by atoms with E-state index in [9.17, 15) is 5.11 Å². The molecule has 0 spiro atoms. The van der Waals surface area contributed by atoms with Crippen LogP contribution in [0.3, 0.4) is 0 Å². The molecule has 5 heteroatoms. The van der Waals surface area contributed by atoms with Crippen LogP contribution in [-0.4, -0.2) is 11.7 Å². The quantitative estimate of drug-likeness (QED) is 0.874. The van der Waals surface area contributed by atoms with Crippen LogP contribution in [0.25, 0.3) is 0 Å². The number of thiophene rings is 1. The highest BCUT2D eigenvalue weighted by Gasteiger charge is 2.12. The third kappa shape index (κ3) is 3.45. The standard InChI is InChI=1S/C12H11BrClNOS/c13-12-5-4-11(17-12)10(7-16)15-9-3-1-2-8(14)6-9/h1-6,10,15-16H,7H2. The van der Waals surface area contributed by atoms with Crippen molar-refractivity contribution in [2.24, 2.45) is 0 Å². The molecule has 1 aromatic heterocycles. The summed E-state index contributed by atoms with van der Waals surface area (Å²) in [4.78, 5) is 1.08. The van der Waals surface area contributed by atoms with E-state index < -0.39 is 0 Å². The van der Waals surface area contributed by atoms with Gasteiger partial charge in [0.2, 0.25) is 0 Å². The summed E-state index contributed by atoms with van der Waals surface area (Å²) in [5.74, 6) is 0. The number of aliphatic hydroxyl groups excluding tert-OH is 1. The zero-order chi connectivity index (χ0) is 12.3. The number of aliphatic hydroxyl groups is 1. The van der Waals surface area contributed by atoms with Gasteiger partial charge >= 0.3 is 0 Å². The zero-order valence-electron chi connectivity index (χ0n) is 8.86. The monoisotopic (exact) mass is 331 g/mol. The molecule has 0 saturated heterocycles. The summed E-state index contributed by atoms with van der Waals surface area (Å²) in [5.41, 5.74) is 0.904. The van der Waals surface area contributed by atoms with E-state index in [2.05, 4.69) is 21.2 Å². The van der Waals surface area contributed by atoms with Crippen LogP contribution in [0.2, 0.25) is 5.02 Å². The summed E-state index contributed by atoms with van der Waals surface area (Å²) in [6.07, 6.45) is 0. The largest absolute Gasteiger partial charge is 0.394 e. The Kier molecular flexibility index (Phi) is 4.45. The van der Waals surface area contributed by atoms with Crippen LogP contribution in [0.15, 0.2) is 40.2 Å².